The fourth-order valence-electron chi connectivity index (χ4n) is 2.22. The maximum Gasteiger partial charge on any atom is 0.251 e. The van der Waals surface area contributed by atoms with Crippen LogP contribution in [0.2, 0.25) is 0 Å². The minimum Gasteiger partial charge on any atom is -0.506 e. The van der Waals surface area contributed by atoms with Gasteiger partial charge >= 0.3 is 0 Å². The first-order chi connectivity index (χ1) is 8.58. The first kappa shape index (κ1) is 12.7. The number of benzene rings is 1. The Kier molecular flexibility index (Phi) is 3.72. The van der Waals surface area contributed by atoms with Crippen molar-refractivity contribution >= 4 is 11.6 Å². The molecule has 2 rings (SSSR count). The SMILES string of the molecule is Nc1ccc(C(=O)N[C@@H]2CCCC[C@H]2O)cc1O. The number of aliphatic hydroxyl groups excluding tert-OH is 1. The van der Waals surface area contributed by atoms with E-state index in [4.69, 9.17) is 5.73 Å². The summed E-state index contributed by atoms with van der Waals surface area (Å²) in [7, 11) is 0. The number of hydrogen-bond acceptors (Lipinski definition) is 4. The summed E-state index contributed by atoms with van der Waals surface area (Å²) in [6.45, 7) is 0. The van der Waals surface area contributed by atoms with Gasteiger partial charge in [0.05, 0.1) is 17.8 Å². The van der Waals surface area contributed by atoms with Crippen molar-refractivity contribution in [2.24, 2.45) is 0 Å². The standard InChI is InChI=1S/C13H18N2O3/c14-9-6-5-8(7-12(9)17)13(18)15-10-3-1-2-4-11(10)16/h5-7,10-11,16-17H,1-4,14H2,(H,15,18)/t10-,11-/m1/s1. The molecule has 1 amide bonds. The van der Waals surface area contributed by atoms with Crippen molar-refractivity contribution in [3.05, 3.63) is 23.8 Å². The molecular formula is C13H18N2O3. The van der Waals surface area contributed by atoms with Crippen molar-refractivity contribution in [3.8, 4) is 5.75 Å². The first-order valence-electron chi connectivity index (χ1n) is 6.15. The number of carbonyl (C=O) groups excluding carboxylic acids is 1. The molecule has 0 aromatic heterocycles. The molecule has 18 heavy (non-hydrogen) atoms. The third-order valence-electron chi connectivity index (χ3n) is 3.34. The highest BCUT2D eigenvalue weighted by atomic mass is 16.3. The van der Waals surface area contributed by atoms with Gasteiger partial charge in [0.15, 0.2) is 0 Å². The van der Waals surface area contributed by atoms with Crippen LogP contribution in [0.1, 0.15) is 36.0 Å². The predicted octanol–water partition coefficient (Wildman–Crippen LogP) is 1.01. The lowest BCUT2D eigenvalue weighted by Crippen LogP contribution is -2.45. The normalized spacial score (nSPS) is 23.6. The van der Waals surface area contributed by atoms with Crippen LogP contribution in [0, 0.1) is 0 Å². The number of hydrogen-bond donors (Lipinski definition) is 4. The summed E-state index contributed by atoms with van der Waals surface area (Å²) >= 11 is 0. The van der Waals surface area contributed by atoms with E-state index in [2.05, 4.69) is 5.32 Å². The zero-order chi connectivity index (χ0) is 13.1. The van der Waals surface area contributed by atoms with Crippen LogP contribution in [0.4, 0.5) is 5.69 Å². The first-order valence-corrected chi connectivity index (χ1v) is 6.15. The second-order valence-electron chi connectivity index (χ2n) is 4.71. The van der Waals surface area contributed by atoms with E-state index in [1.54, 1.807) is 6.07 Å². The molecule has 0 aliphatic heterocycles. The average Bonchev–Trinajstić information content (AvgIpc) is 2.35. The fraction of sp³-hybridized carbons (Fsp3) is 0.462. The third-order valence-corrected chi connectivity index (χ3v) is 3.34. The number of phenols is 1. The molecule has 0 spiro atoms. The maximum absolute atomic E-state index is 11.9. The summed E-state index contributed by atoms with van der Waals surface area (Å²) in [5, 5.41) is 22.0. The molecule has 0 radical (unpaired) electrons. The summed E-state index contributed by atoms with van der Waals surface area (Å²) in [5.41, 5.74) is 6.06. The Morgan fingerprint density at radius 1 is 1.33 bits per heavy atom. The van der Waals surface area contributed by atoms with Gasteiger partial charge in [-0.1, -0.05) is 12.8 Å². The van der Waals surface area contributed by atoms with Gasteiger partial charge in [-0.3, -0.25) is 4.79 Å². The number of rotatable bonds is 2. The Morgan fingerprint density at radius 3 is 2.72 bits per heavy atom. The van der Waals surface area contributed by atoms with Crippen molar-refractivity contribution in [2.45, 2.75) is 37.8 Å². The van der Waals surface area contributed by atoms with E-state index in [0.29, 0.717) is 5.56 Å². The molecule has 5 nitrogen and oxygen atoms in total. The summed E-state index contributed by atoms with van der Waals surface area (Å²) in [5.74, 6) is -0.400. The average molecular weight is 250 g/mol. The summed E-state index contributed by atoms with van der Waals surface area (Å²) < 4.78 is 0. The molecular weight excluding hydrogens is 232 g/mol. The number of carbonyl (C=O) groups is 1. The van der Waals surface area contributed by atoms with Crippen LogP contribution in [0.25, 0.3) is 0 Å². The van der Waals surface area contributed by atoms with Gasteiger partial charge in [-0.25, -0.2) is 0 Å². The minimum atomic E-state index is -0.481. The van der Waals surface area contributed by atoms with Gasteiger partial charge in [0, 0.05) is 5.56 Å². The molecule has 0 unspecified atom stereocenters. The zero-order valence-electron chi connectivity index (χ0n) is 10.1. The molecule has 0 saturated heterocycles. The largest absolute Gasteiger partial charge is 0.506 e. The Labute approximate surface area is 106 Å². The summed E-state index contributed by atoms with van der Waals surface area (Å²) in [6.07, 6.45) is 3.03. The Hall–Kier alpha value is -1.75. The van der Waals surface area contributed by atoms with Crippen LogP contribution < -0.4 is 11.1 Å². The molecule has 5 heteroatoms. The quantitative estimate of drug-likeness (QED) is 0.465. The van der Waals surface area contributed by atoms with E-state index in [-0.39, 0.29) is 23.4 Å². The number of aromatic hydroxyl groups is 1. The molecule has 1 aliphatic carbocycles. The van der Waals surface area contributed by atoms with E-state index in [1.807, 2.05) is 0 Å². The Bertz CT molecular complexity index is 448. The van der Waals surface area contributed by atoms with E-state index in [9.17, 15) is 15.0 Å². The highest BCUT2D eigenvalue weighted by Crippen LogP contribution is 2.22. The zero-order valence-corrected chi connectivity index (χ0v) is 10.1. The lowest BCUT2D eigenvalue weighted by molar-refractivity contribution is 0.0717. The molecule has 1 fully saturated rings. The van der Waals surface area contributed by atoms with Crippen LogP contribution >= 0.6 is 0 Å². The second kappa shape index (κ2) is 5.27. The monoisotopic (exact) mass is 250 g/mol. The Morgan fingerprint density at radius 2 is 2.06 bits per heavy atom. The highest BCUT2D eigenvalue weighted by molar-refractivity contribution is 5.95. The number of phenolic OH excluding ortho intramolecular Hbond substituents is 1. The fourth-order valence-corrected chi connectivity index (χ4v) is 2.22. The Balaban J connectivity index is 2.04. The van der Waals surface area contributed by atoms with Crippen molar-refractivity contribution in [1.29, 1.82) is 0 Å². The van der Waals surface area contributed by atoms with Gasteiger partial charge in [0.2, 0.25) is 0 Å². The van der Waals surface area contributed by atoms with Crippen LogP contribution in [0.5, 0.6) is 5.75 Å². The lowest BCUT2D eigenvalue weighted by Gasteiger charge is -2.28. The van der Waals surface area contributed by atoms with Crippen LogP contribution in [0.15, 0.2) is 18.2 Å². The summed E-state index contributed by atoms with van der Waals surface area (Å²) in [6, 6.07) is 4.17. The van der Waals surface area contributed by atoms with Gasteiger partial charge in [0.25, 0.3) is 5.91 Å². The minimum absolute atomic E-state index is 0.105. The molecule has 0 bridgehead atoms. The van der Waals surface area contributed by atoms with Crippen molar-refractivity contribution in [3.63, 3.8) is 0 Å². The number of nitrogens with two attached hydrogens (primary N) is 1. The van der Waals surface area contributed by atoms with Crippen LogP contribution in [-0.2, 0) is 0 Å². The number of aliphatic hydroxyl groups is 1. The number of nitrogens with one attached hydrogen (secondary N) is 1. The van der Waals surface area contributed by atoms with E-state index in [0.717, 1.165) is 25.7 Å². The highest BCUT2D eigenvalue weighted by Gasteiger charge is 2.24. The van der Waals surface area contributed by atoms with Gasteiger partial charge in [-0.05, 0) is 31.0 Å². The maximum atomic E-state index is 11.9. The van der Waals surface area contributed by atoms with Gasteiger partial charge in [-0.2, -0.15) is 0 Å². The van der Waals surface area contributed by atoms with Crippen LogP contribution in [-0.4, -0.2) is 28.3 Å². The molecule has 2 atom stereocenters. The molecule has 98 valence electrons. The number of anilines is 1. The smallest absolute Gasteiger partial charge is 0.251 e. The van der Waals surface area contributed by atoms with E-state index >= 15 is 0 Å². The summed E-state index contributed by atoms with van der Waals surface area (Å²) in [4.78, 5) is 11.9. The van der Waals surface area contributed by atoms with Crippen molar-refractivity contribution < 1.29 is 15.0 Å². The molecule has 1 aromatic carbocycles. The molecule has 1 saturated carbocycles. The second-order valence-corrected chi connectivity index (χ2v) is 4.71. The van der Waals surface area contributed by atoms with Crippen molar-refractivity contribution in [2.75, 3.05) is 5.73 Å². The lowest BCUT2D eigenvalue weighted by atomic mass is 9.92. The molecule has 0 heterocycles. The van der Waals surface area contributed by atoms with Gasteiger partial charge in [-0.15, -0.1) is 0 Å². The predicted molar refractivity (Wildman–Crippen MR) is 68.2 cm³/mol. The topological polar surface area (TPSA) is 95.6 Å². The van der Waals surface area contributed by atoms with Gasteiger partial charge < -0.3 is 21.3 Å². The number of nitrogen functional groups attached to an aromatic ring is 1. The van der Waals surface area contributed by atoms with Crippen LogP contribution in [0.3, 0.4) is 0 Å². The third kappa shape index (κ3) is 2.73. The molecule has 1 aromatic rings. The van der Waals surface area contributed by atoms with Crippen molar-refractivity contribution in [1.82, 2.24) is 5.32 Å². The van der Waals surface area contributed by atoms with Gasteiger partial charge in [0.1, 0.15) is 5.75 Å². The molecule has 5 N–H and O–H groups in total. The van der Waals surface area contributed by atoms with E-state index < -0.39 is 6.10 Å². The number of amides is 1. The molecule has 1 aliphatic rings. The van der Waals surface area contributed by atoms with E-state index in [1.165, 1.54) is 12.1 Å².